The average Bonchev–Trinajstić information content (AvgIpc) is 2.77. The van der Waals surface area contributed by atoms with Gasteiger partial charge in [-0.2, -0.15) is 4.68 Å². The number of hydrogen-bond donors (Lipinski definition) is 1. The Hall–Kier alpha value is -2.42. The Morgan fingerprint density at radius 1 is 1.42 bits per heavy atom. The van der Waals surface area contributed by atoms with E-state index in [4.69, 9.17) is 0 Å². The van der Waals surface area contributed by atoms with Crippen molar-refractivity contribution in [3.63, 3.8) is 0 Å². The standard InChI is InChI=1S/C10H8F2N4O3/c11-6-2-1-3-7(12)9(6)8(17)4-15-5-13-10(14-15)16(18)19/h1-3,5,8,17H,4H2. The predicted octanol–water partition coefficient (Wildman–Crippen LogP) is 1.20. The molecule has 0 spiro atoms. The van der Waals surface area contributed by atoms with Crippen LogP contribution in [-0.2, 0) is 6.54 Å². The van der Waals surface area contributed by atoms with E-state index >= 15 is 0 Å². The lowest BCUT2D eigenvalue weighted by Gasteiger charge is -2.11. The molecule has 9 heteroatoms. The minimum absolute atomic E-state index is 0.349. The monoisotopic (exact) mass is 270 g/mol. The van der Waals surface area contributed by atoms with Crippen molar-refractivity contribution in [2.45, 2.75) is 12.6 Å². The van der Waals surface area contributed by atoms with E-state index < -0.39 is 34.2 Å². The van der Waals surface area contributed by atoms with Crippen molar-refractivity contribution in [2.75, 3.05) is 0 Å². The number of aliphatic hydroxyl groups excluding tert-OH is 1. The Bertz CT molecular complexity index is 596. The molecule has 2 aromatic rings. The van der Waals surface area contributed by atoms with Gasteiger partial charge in [0.2, 0.25) is 6.33 Å². The molecule has 1 aromatic carbocycles. The van der Waals surface area contributed by atoms with Crippen LogP contribution in [0.1, 0.15) is 11.7 Å². The molecule has 19 heavy (non-hydrogen) atoms. The fourth-order valence-corrected chi connectivity index (χ4v) is 1.55. The third-order valence-electron chi connectivity index (χ3n) is 2.38. The molecule has 1 unspecified atom stereocenters. The Kier molecular flexibility index (Phi) is 3.47. The number of rotatable bonds is 4. The average molecular weight is 270 g/mol. The number of nitrogens with zero attached hydrogens (tertiary/aromatic N) is 4. The summed E-state index contributed by atoms with van der Waals surface area (Å²) in [4.78, 5) is 12.9. The molecule has 1 atom stereocenters. The summed E-state index contributed by atoms with van der Waals surface area (Å²) in [6.45, 7) is -0.349. The third kappa shape index (κ3) is 2.71. The van der Waals surface area contributed by atoms with Crippen LogP contribution in [0.3, 0.4) is 0 Å². The molecule has 1 N–H and O–H groups in total. The summed E-state index contributed by atoms with van der Waals surface area (Å²) < 4.78 is 27.7. The molecule has 0 fully saturated rings. The summed E-state index contributed by atoms with van der Waals surface area (Å²) in [7, 11) is 0. The molecule has 0 aliphatic carbocycles. The largest absolute Gasteiger partial charge is 0.490 e. The van der Waals surface area contributed by atoms with Crippen LogP contribution in [0.2, 0.25) is 0 Å². The maximum atomic E-state index is 13.4. The zero-order valence-corrected chi connectivity index (χ0v) is 9.40. The molecule has 0 saturated carbocycles. The van der Waals surface area contributed by atoms with E-state index in [9.17, 15) is 24.0 Å². The highest BCUT2D eigenvalue weighted by molar-refractivity contribution is 5.21. The summed E-state index contributed by atoms with van der Waals surface area (Å²) in [6, 6.07) is 3.18. The zero-order chi connectivity index (χ0) is 14.0. The second-order valence-electron chi connectivity index (χ2n) is 3.67. The zero-order valence-electron chi connectivity index (χ0n) is 9.40. The lowest BCUT2D eigenvalue weighted by atomic mass is 10.1. The van der Waals surface area contributed by atoms with Gasteiger partial charge < -0.3 is 15.2 Å². The molecule has 0 amide bonds. The normalized spacial score (nSPS) is 12.4. The molecule has 100 valence electrons. The third-order valence-corrected chi connectivity index (χ3v) is 2.38. The van der Waals surface area contributed by atoms with Gasteiger partial charge in [-0.1, -0.05) is 11.1 Å². The van der Waals surface area contributed by atoms with E-state index in [2.05, 4.69) is 10.1 Å². The Morgan fingerprint density at radius 3 is 2.58 bits per heavy atom. The van der Waals surface area contributed by atoms with E-state index in [1.54, 1.807) is 0 Å². The molecule has 2 rings (SSSR count). The first-order chi connectivity index (χ1) is 8.99. The van der Waals surface area contributed by atoms with Crippen molar-refractivity contribution < 1.29 is 18.8 Å². The Labute approximate surface area is 105 Å². The Morgan fingerprint density at radius 2 is 2.05 bits per heavy atom. The van der Waals surface area contributed by atoms with Crippen LogP contribution in [0.4, 0.5) is 14.7 Å². The van der Waals surface area contributed by atoms with E-state index in [1.165, 1.54) is 6.07 Å². The van der Waals surface area contributed by atoms with Gasteiger partial charge in [-0.15, -0.1) is 0 Å². The van der Waals surface area contributed by atoms with E-state index in [0.717, 1.165) is 23.1 Å². The molecule has 0 aliphatic rings. The van der Waals surface area contributed by atoms with Crippen molar-refractivity contribution in [1.29, 1.82) is 0 Å². The van der Waals surface area contributed by atoms with E-state index in [-0.39, 0.29) is 6.54 Å². The quantitative estimate of drug-likeness (QED) is 0.665. The van der Waals surface area contributed by atoms with Gasteiger partial charge in [-0.25, -0.2) is 8.78 Å². The fraction of sp³-hybridized carbons (Fsp3) is 0.200. The van der Waals surface area contributed by atoms with Gasteiger partial charge in [-0.3, -0.25) is 0 Å². The highest BCUT2D eigenvalue weighted by atomic mass is 19.1. The number of nitro groups is 1. The van der Waals surface area contributed by atoms with Gasteiger partial charge in [0.25, 0.3) is 0 Å². The van der Waals surface area contributed by atoms with Gasteiger partial charge in [0.1, 0.15) is 17.7 Å². The van der Waals surface area contributed by atoms with Crippen LogP contribution in [0.15, 0.2) is 24.5 Å². The van der Waals surface area contributed by atoms with Crippen LogP contribution in [-0.4, -0.2) is 24.8 Å². The fourth-order valence-electron chi connectivity index (χ4n) is 1.55. The number of benzene rings is 1. The topological polar surface area (TPSA) is 94.1 Å². The summed E-state index contributed by atoms with van der Waals surface area (Å²) >= 11 is 0. The molecular weight excluding hydrogens is 262 g/mol. The number of halogens is 2. The number of hydrogen-bond acceptors (Lipinski definition) is 5. The van der Waals surface area contributed by atoms with Crippen molar-refractivity contribution in [3.05, 3.63) is 51.8 Å². The summed E-state index contributed by atoms with van der Waals surface area (Å²) in [5.41, 5.74) is -0.513. The van der Waals surface area contributed by atoms with Crippen LogP contribution in [0.25, 0.3) is 0 Å². The van der Waals surface area contributed by atoms with Gasteiger partial charge in [0.15, 0.2) is 0 Å². The lowest BCUT2D eigenvalue weighted by molar-refractivity contribution is -0.394. The van der Waals surface area contributed by atoms with Crippen LogP contribution in [0, 0.1) is 21.7 Å². The first kappa shape index (κ1) is 13.0. The maximum absolute atomic E-state index is 13.4. The van der Waals surface area contributed by atoms with Crippen molar-refractivity contribution in [1.82, 2.24) is 14.8 Å². The van der Waals surface area contributed by atoms with Crippen molar-refractivity contribution >= 4 is 5.95 Å². The minimum Gasteiger partial charge on any atom is -0.390 e. The molecule has 0 saturated heterocycles. The van der Waals surface area contributed by atoms with Gasteiger partial charge in [0, 0.05) is 5.10 Å². The molecule has 0 bridgehead atoms. The molecule has 1 aromatic heterocycles. The first-order valence-corrected chi connectivity index (χ1v) is 5.15. The molecule has 0 aliphatic heterocycles. The minimum atomic E-state index is -1.53. The van der Waals surface area contributed by atoms with Crippen molar-refractivity contribution in [2.24, 2.45) is 0 Å². The SMILES string of the molecule is O=[N+]([O-])c1ncn(CC(O)c2c(F)cccc2F)n1. The van der Waals surface area contributed by atoms with Crippen molar-refractivity contribution in [3.8, 4) is 0 Å². The second kappa shape index (κ2) is 5.06. The maximum Gasteiger partial charge on any atom is 0.490 e. The lowest BCUT2D eigenvalue weighted by Crippen LogP contribution is -2.12. The predicted molar refractivity (Wildman–Crippen MR) is 58.0 cm³/mol. The molecular formula is C10H8F2N4O3. The smallest absolute Gasteiger partial charge is 0.390 e. The highest BCUT2D eigenvalue weighted by Gasteiger charge is 2.21. The van der Waals surface area contributed by atoms with Crippen LogP contribution >= 0.6 is 0 Å². The second-order valence-corrected chi connectivity index (χ2v) is 3.67. The number of aliphatic hydroxyl groups is 1. The molecule has 1 heterocycles. The summed E-state index contributed by atoms with van der Waals surface area (Å²) in [6.07, 6.45) is -0.525. The van der Waals surface area contributed by atoms with Gasteiger partial charge >= 0.3 is 5.95 Å². The first-order valence-electron chi connectivity index (χ1n) is 5.15. The van der Waals surface area contributed by atoms with Crippen LogP contribution in [0.5, 0.6) is 0 Å². The summed E-state index contributed by atoms with van der Waals surface area (Å²) in [5, 5.41) is 23.5. The van der Waals surface area contributed by atoms with Crippen LogP contribution < -0.4 is 0 Å². The Balaban J connectivity index is 2.20. The molecule has 0 radical (unpaired) electrons. The molecule has 7 nitrogen and oxygen atoms in total. The highest BCUT2D eigenvalue weighted by Crippen LogP contribution is 2.21. The number of aromatic nitrogens is 3. The summed E-state index contributed by atoms with van der Waals surface area (Å²) in [5.74, 6) is -2.45. The van der Waals surface area contributed by atoms with E-state index in [1.807, 2.05) is 0 Å². The van der Waals surface area contributed by atoms with E-state index in [0.29, 0.717) is 0 Å². The van der Waals surface area contributed by atoms with Gasteiger partial charge in [0.05, 0.1) is 12.1 Å². The van der Waals surface area contributed by atoms with Gasteiger partial charge in [-0.05, 0) is 17.1 Å².